The smallest absolute Gasteiger partial charge is 0.153 e. The first kappa shape index (κ1) is 31.5. The third kappa shape index (κ3) is 7.80. The summed E-state index contributed by atoms with van der Waals surface area (Å²) in [5, 5.41) is 19.5. The quantitative estimate of drug-likeness (QED) is 0.113. The Kier molecular flexibility index (Phi) is 10.7. The van der Waals surface area contributed by atoms with Crippen molar-refractivity contribution in [2.45, 2.75) is 39.4 Å². The zero-order valence-electron chi connectivity index (χ0n) is 25.1. The molecule has 0 amide bonds. The van der Waals surface area contributed by atoms with E-state index in [2.05, 4.69) is 16.0 Å². The Morgan fingerprint density at radius 1 is 0.911 bits per heavy atom. The number of ether oxygens (including phenoxy) is 3. The Morgan fingerprint density at radius 2 is 1.69 bits per heavy atom. The summed E-state index contributed by atoms with van der Waals surface area (Å²) in [6.45, 7) is 6.16. The average Bonchev–Trinajstić information content (AvgIpc) is 3.59. The summed E-state index contributed by atoms with van der Waals surface area (Å²) in [7, 11) is 0. The highest BCUT2D eigenvalue weighted by Gasteiger charge is 2.17. The molecular formula is C36H33ClN4O4. The molecule has 3 aromatic carbocycles. The molecule has 0 spiro atoms. The maximum Gasteiger partial charge on any atom is 0.153 e. The van der Waals surface area contributed by atoms with Crippen molar-refractivity contribution in [2.24, 2.45) is 0 Å². The van der Waals surface area contributed by atoms with Crippen LogP contribution in [0.4, 0.5) is 0 Å². The van der Waals surface area contributed by atoms with Gasteiger partial charge in [-0.05, 0) is 74.2 Å². The Hall–Kier alpha value is -4.89. The molecule has 2 heterocycles. The van der Waals surface area contributed by atoms with Gasteiger partial charge < -0.3 is 19.1 Å². The van der Waals surface area contributed by atoms with Gasteiger partial charge in [-0.3, -0.25) is 9.78 Å². The summed E-state index contributed by atoms with van der Waals surface area (Å²) in [4.78, 5) is 18.2. The highest BCUT2D eigenvalue weighted by atomic mass is 35.5. The number of rotatable bonds is 13. The first-order chi connectivity index (χ1) is 22.0. The second-order valence-electron chi connectivity index (χ2n) is 10.8. The van der Waals surface area contributed by atoms with Crippen LogP contribution in [0.1, 0.15) is 57.4 Å². The lowest BCUT2D eigenvalue weighted by Crippen LogP contribution is -2.22. The standard InChI is InChI=1S/C36H33ClN4O4/c1-25-28(24-45-36-17-35(29(22-42)16-33(36)37)44-23-27-15-26(18-38)20-40-21-27)7-4-8-30(25)31-9-5-10-34(32(31)19-39)43-14-6-13-41-11-2-3-12-41/h4-5,7-10,15-17,20-22H,2-3,6,11-14,23-24H2,1H3. The normalized spacial score (nSPS) is 12.7. The average molecular weight is 621 g/mol. The number of carbonyl (C=O) groups is 1. The van der Waals surface area contributed by atoms with Crippen LogP contribution >= 0.6 is 11.6 Å². The minimum Gasteiger partial charge on any atom is -0.492 e. The molecule has 228 valence electrons. The van der Waals surface area contributed by atoms with Crippen molar-refractivity contribution in [3.05, 3.63) is 105 Å². The van der Waals surface area contributed by atoms with Crippen molar-refractivity contribution in [2.75, 3.05) is 26.2 Å². The first-order valence-corrected chi connectivity index (χ1v) is 15.2. The van der Waals surface area contributed by atoms with Gasteiger partial charge in [0, 0.05) is 36.1 Å². The molecule has 1 aliphatic heterocycles. The van der Waals surface area contributed by atoms with E-state index in [4.69, 9.17) is 31.1 Å². The number of nitriles is 2. The predicted molar refractivity (Wildman–Crippen MR) is 172 cm³/mol. The summed E-state index contributed by atoms with van der Waals surface area (Å²) in [6.07, 6.45) is 7.17. The van der Waals surface area contributed by atoms with Crippen LogP contribution in [0.5, 0.6) is 17.2 Å². The molecule has 1 aromatic heterocycles. The third-order valence-corrected chi connectivity index (χ3v) is 8.14. The lowest BCUT2D eigenvalue weighted by Gasteiger charge is -2.17. The topological polar surface area (TPSA) is 108 Å². The van der Waals surface area contributed by atoms with Crippen LogP contribution < -0.4 is 14.2 Å². The number of halogens is 1. The fraction of sp³-hybridized carbons (Fsp3) is 0.278. The molecule has 0 N–H and O–H groups in total. The number of carbonyl (C=O) groups excluding carboxylic acids is 1. The van der Waals surface area contributed by atoms with Crippen LogP contribution in [0.15, 0.2) is 67.0 Å². The van der Waals surface area contributed by atoms with Gasteiger partial charge in [-0.1, -0.05) is 41.9 Å². The summed E-state index contributed by atoms with van der Waals surface area (Å²) in [5.74, 6) is 1.24. The second-order valence-corrected chi connectivity index (χ2v) is 11.2. The molecule has 1 fully saturated rings. The van der Waals surface area contributed by atoms with Crippen LogP contribution in [0.25, 0.3) is 11.1 Å². The molecule has 8 nitrogen and oxygen atoms in total. The minimum absolute atomic E-state index is 0.105. The molecule has 9 heteroatoms. The number of likely N-dealkylation sites (tertiary alicyclic amines) is 1. The largest absolute Gasteiger partial charge is 0.492 e. The maximum absolute atomic E-state index is 11.7. The summed E-state index contributed by atoms with van der Waals surface area (Å²) >= 11 is 6.48. The van der Waals surface area contributed by atoms with E-state index in [9.17, 15) is 10.1 Å². The monoisotopic (exact) mass is 620 g/mol. The van der Waals surface area contributed by atoms with Crippen LogP contribution in [0, 0.1) is 29.6 Å². The molecule has 4 aromatic rings. The van der Waals surface area contributed by atoms with Gasteiger partial charge in [-0.25, -0.2) is 0 Å². The molecule has 5 rings (SSSR count). The van der Waals surface area contributed by atoms with Crippen molar-refractivity contribution in [3.8, 4) is 40.5 Å². The lowest BCUT2D eigenvalue weighted by atomic mass is 9.93. The number of pyridine rings is 1. The van der Waals surface area contributed by atoms with E-state index in [0.29, 0.717) is 46.8 Å². The number of hydrogen-bond acceptors (Lipinski definition) is 8. The van der Waals surface area contributed by atoms with Gasteiger partial charge in [0.1, 0.15) is 48.2 Å². The molecule has 0 unspecified atom stereocenters. The van der Waals surface area contributed by atoms with Gasteiger partial charge in [0.2, 0.25) is 0 Å². The predicted octanol–water partition coefficient (Wildman–Crippen LogP) is 7.29. The van der Waals surface area contributed by atoms with E-state index in [1.165, 1.54) is 25.1 Å². The minimum atomic E-state index is 0.105. The van der Waals surface area contributed by atoms with E-state index in [1.54, 1.807) is 18.3 Å². The van der Waals surface area contributed by atoms with E-state index in [-0.39, 0.29) is 23.8 Å². The van der Waals surface area contributed by atoms with Crippen LogP contribution in [-0.4, -0.2) is 42.4 Å². The highest BCUT2D eigenvalue weighted by Crippen LogP contribution is 2.36. The molecule has 0 saturated carbocycles. The molecule has 0 atom stereocenters. The van der Waals surface area contributed by atoms with Crippen molar-refractivity contribution >= 4 is 17.9 Å². The van der Waals surface area contributed by atoms with E-state index < -0.39 is 0 Å². The van der Waals surface area contributed by atoms with E-state index in [0.717, 1.165) is 48.3 Å². The Labute approximate surface area is 268 Å². The lowest BCUT2D eigenvalue weighted by molar-refractivity contribution is 0.111. The molecule has 45 heavy (non-hydrogen) atoms. The molecule has 0 radical (unpaired) electrons. The zero-order valence-corrected chi connectivity index (χ0v) is 25.8. The number of nitrogens with zero attached hydrogens (tertiary/aromatic N) is 4. The molecular weight excluding hydrogens is 588 g/mol. The number of benzene rings is 3. The molecule has 0 bridgehead atoms. The fourth-order valence-corrected chi connectivity index (χ4v) is 5.65. The Morgan fingerprint density at radius 3 is 2.47 bits per heavy atom. The van der Waals surface area contributed by atoms with E-state index >= 15 is 0 Å². The fourth-order valence-electron chi connectivity index (χ4n) is 5.42. The Balaban J connectivity index is 1.30. The number of aldehydes is 1. The van der Waals surface area contributed by atoms with Crippen molar-refractivity contribution in [3.63, 3.8) is 0 Å². The van der Waals surface area contributed by atoms with Gasteiger partial charge in [-0.15, -0.1) is 0 Å². The van der Waals surface area contributed by atoms with Gasteiger partial charge in [0.25, 0.3) is 0 Å². The second kappa shape index (κ2) is 15.2. The maximum atomic E-state index is 11.7. The summed E-state index contributed by atoms with van der Waals surface area (Å²) < 4.78 is 18.1. The van der Waals surface area contributed by atoms with Crippen molar-refractivity contribution < 1.29 is 19.0 Å². The molecule has 1 aliphatic rings. The van der Waals surface area contributed by atoms with Crippen molar-refractivity contribution in [1.29, 1.82) is 10.5 Å². The Bertz CT molecular complexity index is 1760. The van der Waals surface area contributed by atoms with Crippen molar-refractivity contribution in [1.82, 2.24) is 9.88 Å². The third-order valence-electron chi connectivity index (χ3n) is 7.84. The van der Waals surface area contributed by atoms with Crippen LogP contribution in [0.2, 0.25) is 5.02 Å². The SMILES string of the molecule is Cc1c(COc2cc(OCc3cncc(C#N)c3)c(C=O)cc2Cl)cccc1-c1cccc(OCCCN2CCCC2)c1C#N. The van der Waals surface area contributed by atoms with E-state index in [1.807, 2.05) is 49.4 Å². The van der Waals surface area contributed by atoms with Gasteiger partial charge in [0.15, 0.2) is 6.29 Å². The number of aromatic nitrogens is 1. The molecule has 0 aliphatic carbocycles. The van der Waals surface area contributed by atoms with Gasteiger partial charge in [0.05, 0.1) is 22.8 Å². The zero-order chi connectivity index (χ0) is 31.6. The van der Waals surface area contributed by atoms with Gasteiger partial charge >= 0.3 is 0 Å². The molecule has 1 saturated heterocycles. The first-order valence-electron chi connectivity index (χ1n) is 14.9. The van der Waals surface area contributed by atoms with Crippen LogP contribution in [0.3, 0.4) is 0 Å². The van der Waals surface area contributed by atoms with Gasteiger partial charge in [-0.2, -0.15) is 10.5 Å². The summed E-state index contributed by atoms with van der Waals surface area (Å²) in [5.41, 5.74) is 5.46. The number of hydrogen-bond donors (Lipinski definition) is 0. The van der Waals surface area contributed by atoms with Crippen LogP contribution in [-0.2, 0) is 13.2 Å². The highest BCUT2D eigenvalue weighted by molar-refractivity contribution is 6.32. The summed E-state index contributed by atoms with van der Waals surface area (Å²) in [6, 6.07) is 20.7.